The third kappa shape index (κ3) is 4.21. The van der Waals surface area contributed by atoms with E-state index in [0.717, 1.165) is 27.8 Å². The van der Waals surface area contributed by atoms with Crippen molar-refractivity contribution >= 4 is 39.5 Å². The van der Waals surface area contributed by atoms with Crippen molar-refractivity contribution in [3.63, 3.8) is 0 Å². The summed E-state index contributed by atoms with van der Waals surface area (Å²) in [7, 11) is 1.63. The highest BCUT2D eigenvalue weighted by atomic mass is 32.1. The summed E-state index contributed by atoms with van der Waals surface area (Å²) in [6.45, 7) is 0. The Balaban J connectivity index is 1.56. The van der Waals surface area contributed by atoms with Crippen molar-refractivity contribution in [2.45, 2.75) is 0 Å². The van der Waals surface area contributed by atoms with Gasteiger partial charge in [-0.2, -0.15) is 0 Å². The Labute approximate surface area is 149 Å². The van der Waals surface area contributed by atoms with Crippen LogP contribution in [0.1, 0.15) is 0 Å². The number of rotatable bonds is 5. The van der Waals surface area contributed by atoms with Crippen LogP contribution >= 0.6 is 23.6 Å². The van der Waals surface area contributed by atoms with Gasteiger partial charge in [-0.25, -0.2) is 4.98 Å². The monoisotopic (exact) mass is 356 g/mol. The normalized spacial score (nSPS) is 10.0. The van der Waals surface area contributed by atoms with Gasteiger partial charge in [0.05, 0.1) is 12.8 Å². The predicted octanol–water partition coefficient (Wildman–Crippen LogP) is 4.13. The molecular weight excluding hydrogens is 340 g/mol. The summed E-state index contributed by atoms with van der Waals surface area (Å²) in [4.78, 5) is 4.52. The molecule has 0 bridgehead atoms. The maximum absolute atomic E-state index is 5.27. The average Bonchev–Trinajstić information content (AvgIpc) is 3.10. The molecule has 0 unspecified atom stereocenters. The zero-order chi connectivity index (χ0) is 16.8. The van der Waals surface area contributed by atoms with E-state index in [9.17, 15) is 0 Å². The smallest absolute Gasteiger partial charge is 0.202 e. The minimum atomic E-state index is 0.444. The van der Waals surface area contributed by atoms with Crippen LogP contribution in [0, 0.1) is 0 Å². The zero-order valence-corrected chi connectivity index (χ0v) is 14.6. The van der Waals surface area contributed by atoms with E-state index < -0.39 is 0 Å². The number of aromatic nitrogens is 1. The lowest BCUT2D eigenvalue weighted by molar-refractivity contribution is 0.415. The van der Waals surface area contributed by atoms with Gasteiger partial charge >= 0.3 is 0 Å². The number of hydrogen-bond donors (Lipinski definition) is 3. The van der Waals surface area contributed by atoms with Gasteiger partial charge in [0.15, 0.2) is 5.11 Å². The molecule has 0 aliphatic heterocycles. The summed E-state index contributed by atoms with van der Waals surface area (Å²) >= 11 is 6.77. The molecule has 3 rings (SSSR count). The molecule has 7 heteroatoms. The Hall–Kier alpha value is -2.64. The van der Waals surface area contributed by atoms with Crippen LogP contribution in [0.15, 0.2) is 60.0 Å². The Morgan fingerprint density at radius 3 is 2.75 bits per heavy atom. The molecule has 0 atom stereocenters. The van der Waals surface area contributed by atoms with Crippen molar-refractivity contribution < 1.29 is 4.74 Å². The fourth-order valence-corrected chi connectivity index (χ4v) is 2.89. The molecular formula is C17H16N4OS2. The van der Waals surface area contributed by atoms with Crippen molar-refractivity contribution in [3.8, 4) is 17.0 Å². The predicted molar refractivity (Wildman–Crippen MR) is 104 cm³/mol. The molecule has 3 N–H and O–H groups in total. The summed E-state index contributed by atoms with van der Waals surface area (Å²) in [6.07, 6.45) is 0. The van der Waals surface area contributed by atoms with Crippen LogP contribution in [0.4, 0.5) is 10.8 Å². The number of benzene rings is 2. The molecule has 0 saturated carbocycles. The summed E-state index contributed by atoms with van der Waals surface area (Å²) in [5, 5.41) is 6.26. The summed E-state index contributed by atoms with van der Waals surface area (Å²) in [5.74, 6) is 0.767. The van der Waals surface area contributed by atoms with Gasteiger partial charge in [-0.1, -0.05) is 36.4 Å². The van der Waals surface area contributed by atoms with Crippen LogP contribution in [-0.4, -0.2) is 17.2 Å². The van der Waals surface area contributed by atoms with Crippen molar-refractivity contribution in [2.75, 3.05) is 17.9 Å². The fourth-order valence-electron chi connectivity index (χ4n) is 2.05. The minimum absolute atomic E-state index is 0.444. The van der Waals surface area contributed by atoms with E-state index >= 15 is 0 Å². The fraction of sp³-hybridized carbons (Fsp3) is 0.0588. The largest absolute Gasteiger partial charge is 0.497 e. The SMILES string of the molecule is COc1cccc(NC(=S)NNc2nc(-c3ccccc3)cs2)c1. The molecule has 122 valence electrons. The molecule has 0 radical (unpaired) electrons. The van der Waals surface area contributed by atoms with E-state index in [2.05, 4.69) is 21.2 Å². The van der Waals surface area contributed by atoms with Crippen LogP contribution in [0.2, 0.25) is 0 Å². The van der Waals surface area contributed by atoms with Crippen LogP contribution in [-0.2, 0) is 0 Å². The molecule has 0 aliphatic carbocycles. The number of nitrogens with zero attached hydrogens (tertiary/aromatic N) is 1. The highest BCUT2D eigenvalue weighted by Gasteiger charge is 2.04. The third-order valence-electron chi connectivity index (χ3n) is 3.18. The van der Waals surface area contributed by atoms with Crippen LogP contribution in [0.3, 0.4) is 0 Å². The van der Waals surface area contributed by atoms with Gasteiger partial charge < -0.3 is 10.1 Å². The second kappa shape index (κ2) is 7.76. The lowest BCUT2D eigenvalue weighted by Gasteiger charge is -2.11. The molecule has 0 fully saturated rings. The maximum Gasteiger partial charge on any atom is 0.202 e. The van der Waals surface area contributed by atoms with Gasteiger partial charge in [-0.3, -0.25) is 10.9 Å². The number of thiazole rings is 1. The molecule has 0 saturated heterocycles. The molecule has 0 amide bonds. The highest BCUT2D eigenvalue weighted by molar-refractivity contribution is 7.80. The van der Waals surface area contributed by atoms with E-state index in [0.29, 0.717) is 5.11 Å². The molecule has 5 nitrogen and oxygen atoms in total. The number of ether oxygens (including phenoxy) is 1. The molecule has 0 spiro atoms. The van der Waals surface area contributed by atoms with Crippen LogP contribution < -0.4 is 20.9 Å². The highest BCUT2D eigenvalue weighted by Crippen LogP contribution is 2.24. The average molecular weight is 356 g/mol. The van der Waals surface area contributed by atoms with E-state index in [-0.39, 0.29) is 0 Å². The number of methoxy groups -OCH3 is 1. The molecule has 0 aliphatic rings. The maximum atomic E-state index is 5.27. The molecule has 2 aromatic carbocycles. The van der Waals surface area contributed by atoms with Crippen molar-refractivity contribution in [2.24, 2.45) is 0 Å². The van der Waals surface area contributed by atoms with Gasteiger partial charge in [0, 0.05) is 22.7 Å². The van der Waals surface area contributed by atoms with E-state index in [1.807, 2.05) is 60.0 Å². The lowest BCUT2D eigenvalue weighted by Crippen LogP contribution is -2.33. The topological polar surface area (TPSA) is 58.2 Å². The number of hydrazine groups is 1. The molecule has 1 heterocycles. The van der Waals surface area contributed by atoms with Crippen molar-refractivity contribution in [1.29, 1.82) is 0 Å². The Kier molecular flexibility index (Phi) is 5.25. The van der Waals surface area contributed by atoms with Gasteiger partial charge in [0.1, 0.15) is 5.75 Å². The molecule has 24 heavy (non-hydrogen) atoms. The van der Waals surface area contributed by atoms with Crippen molar-refractivity contribution in [1.82, 2.24) is 10.4 Å². The van der Waals surface area contributed by atoms with E-state index in [1.165, 1.54) is 11.3 Å². The Bertz CT molecular complexity index is 820. The molecule has 3 aromatic rings. The minimum Gasteiger partial charge on any atom is -0.497 e. The first-order chi connectivity index (χ1) is 11.7. The zero-order valence-electron chi connectivity index (χ0n) is 12.9. The van der Waals surface area contributed by atoms with Crippen molar-refractivity contribution in [3.05, 3.63) is 60.0 Å². The first kappa shape index (κ1) is 16.2. The van der Waals surface area contributed by atoms with E-state index in [1.54, 1.807) is 7.11 Å². The van der Waals surface area contributed by atoms with Crippen LogP contribution in [0.25, 0.3) is 11.3 Å². The lowest BCUT2D eigenvalue weighted by atomic mass is 10.2. The number of hydrogen-bond acceptors (Lipinski definition) is 5. The van der Waals surface area contributed by atoms with E-state index in [4.69, 9.17) is 17.0 Å². The summed E-state index contributed by atoms with van der Waals surface area (Å²) < 4.78 is 5.18. The standard InChI is InChI=1S/C17H16N4OS2/c1-22-14-9-5-8-13(10-14)18-16(23)20-21-17-19-15(11-24-17)12-6-3-2-4-7-12/h2-11H,1H3,(H,19,21)(H2,18,20,23). The summed E-state index contributed by atoms with van der Waals surface area (Å²) in [5.41, 5.74) is 8.79. The first-order valence-electron chi connectivity index (χ1n) is 7.22. The third-order valence-corrected chi connectivity index (χ3v) is 4.15. The number of nitrogens with one attached hydrogen (secondary N) is 3. The van der Waals surface area contributed by atoms with Crippen LogP contribution in [0.5, 0.6) is 5.75 Å². The second-order valence-electron chi connectivity index (χ2n) is 4.84. The Morgan fingerprint density at radius 2 is 1.96 bits per heavy atom. The van der Waals surface area contributed by atoms with Gasteiger partial charge in [-0.15, -0.1) is 11.3 Å². The van der Waals surface area contributed by atoms with Gasteiger partial charge in [0.2, 0.25) is 5.13 Å². The first-order valence-corrected chi connectivity index (χ1v) is 8.51. The second-order valence-corrected chi connectivity index (χ2v) is 6.11. The number of anilines is 2. The Morgan fingerprint density at radius 1 is 1.12 bits per heavy atom. The quantitative estimate of drug-likeness (QED) is 0.472. The molecule has 1 aromatic heterocycles. The number of thiocarbonyl (C=S) groups is 1. The summed E-state index contributed by atoms with van der Waals surface area (Å²) in [6, 6.07) is 17.6. The van der Waals surface area contributed by atoms with Gasteiger partial charge in [0.25, 0.3) is 0 Å². The van der Waals surface area contributed by atoms with Gasteiger partial charge in [-0.05, 0) is 24.4 Å².